The molecule has 0 unspecified atom stereocenters. The summed E-state index contributed by atoms with van der Waals surface area (Å²) >= 11 is 0. The first-order chi connectivity index (χ1) is 10.8. The Bertz CT molecular complexity index is 732. The summed E-state index contributed by atoms with van der Waals surface area (Å²) in [7, 11) is -3.66. The Morgan fingerprint density at radius 1 is 1.30 bits per heavy atom. The monoisotopic (exact) mass is 338 g/mol. The highest BCUT2D eigenvalue weighted by atomic mass is 32.2. The van der Waals surface area contributed by atoms with Crippen molar-refractivity contribution in [2.75, 3.05) is 0 Å². The van der Waals surface area contributed by atoms with Crippen molar-refractivity contribution < 1.29 is 13.3 Å². The van der Waals surface area contributed by atoms with Crippen molar-refractivity contribution in [1.29, 1.82) is 0 Å². The fraction of sp³-hybridized carbons (Fsp3) is 0.625. The van der Waals surface area contributed by atoms with E-state index < -0.39 is 14.9 Å². The maximum atomic E-state index is 12.6. The number of nitro benzene ring substituents is 1. The standard InChI is InChI=1S/C16H22N2O4S/c1-10-7-14(18(19)20)5-6-16(10)23(21,22)17-11(2)15-9-12-3-4-13(15)8-12/h5-7,11-13,15,17H,3-4,8-9H2,1-2H3/t11-,12-,13-,15-/m0/s1. The lowest BCUT2D eigenvalue weighted by Crippen LogP contribution is -2.40. The molecule has 0 radical (unpaired) electrons. The van der Waals surface area contributed by atoms with E-state index in [0.717, 1.165) is 12.3 Å². The zero-order valence-corrected chi connectivity index (χ0v) is 14.2. The van der Waals surface area contributed by atoms with Crippen LogP contribution in [0.4, 0.5) is 5.69 Å². The second-order valence-corrected chi connectivity index (χ2v) is 8.64. The van der Waals surface area contributed by atoms with Crippen LogP contribution < -0.4 is 4.72 Å². The van der Waals surface area contributed by atoms with Crippen molar-refractivity contribution in [3.05, 3.63) is 33.9 Å². The summed E-state index contributed by atoms with van der Waals surface area (Å²) in [4.78, 5) is 10.4. The van der Waals surface area contributed by atoms with Crippen LogP contribution in [-0.2, 0) is 10.0 Å². The predicted molar refractivity (Wildman–Crippen MR) is 86.6 cm³/mol. The molecule has 126 valence electrons. The summed E-state index contributed by atoms with van der Waals surface area (Å²) in [6.07, 6.45) is 4.82. The number of hydrogen-bond acceptors (Lipinski definition) is 4. The molecule has 2 aliphatic rings. The van der Waals surface area contributed by atoms with Gasteiger partial charge in [0.2, 0.25) is 10.0 Å². The first kappa shape index (κ1) is 16.4. The molecule has 0 spiro atoms. The molecule has 1 aromatic carbocycles. The fourth-order valence-electron chi connectivity index (χ4n) is 4.35. The fourth-order valence-corrected chi connectivity index (χ4v) is 5.87. The molecule has 2 saturated carbocycles. The molecule has 0 amide bonds. The molecular formula is C16H22N2O4S. The van der Waals surface area contributed by atoms with Gasteiger partial charge in [0, 0.05) is 18.2 Å². The molecular weight excluding hydrogens is 316 g/mol. The minimum Gasteiger partial charge on any atom is -0.258 e. The molecule has 2 aliphatic carbocycles. The number of nitrogens with zero attached hydrogens (tertiary/aromatic N) is 1. The molecule has 0 aromatic heterocycles. The molecule has 2 bridgehead atoms. The van der Waals surface area contributed by atoms with Gasteiger partial charge in [-0.1, -0.05) is 6.42 Å². The molecule has 2 fully saturated rings. The molecule has 0 saturated heterocycles. The van der Waals surface area contributed by atoms with Crippen LogP contribution in [0.2, 0.25) is 0 Å². The highest BCUT2D eigenvalue weighted by Crippen LogP contribution is 2.49. The summed E-state index contributed by atoms with van der Waals surface area (Å²) in [5, 5.41) is 10.8. The van der Waals surface area contributed by atoms with Gasteiger partial charge in [-0.3, -0.25) is 10.1 Å². The second-order valence-electron chi connectivity index (χ2n) is 6.96. The van der Waals surface area contributed by atoms with E-state index in [2.05, 4.69) is 4.72 Å². The highest BCUT2D eigenvalue weighted by Gasteiger charge is 2.42. The van der Waals surface area contributed by atoms with Gasteiger partial charge in [0.15, 0.2) is 0 Å². The summed E-state index contributed by atoms with van der Waals surface area (Å²) in [5.74, 6) is 1.80. The third-order valence-corrected chi connectivity index (χ3v) is 7.15. The van der Waals surface area contributed by atoms with E-state index >= 15 is 0 Å². The van der Waals surface area contributed by atoms with Crippen LogP contribution >= 0.6 is 0 Å². The summed E-state index contributed by atoms with van der Waals surface area (Å²) in [5.41, 5.74) is 0.300. The number of non-ortho nitro benzene ring substituents is 1. The van der Waals surface area contributed by atoms with Gasteiger partial charge in [0.1, 0.15) is 0 Å². The smallest absolute Gasteiger partial charge is 0.258 e. The van der Waals surface area contributed by atoms with Crippen molar-refractivity contribution in [2.24, 2.45) is 17.8 Å². The van der Waals surface area contributed by atoms with E-state index in [-0.39, 0.29) is 16.6 Å². The number of nitro groups is 1. The molecule has 4 atom stereocenters. The molecule has 3 rings (SSSR count). The topological polar surface area (TPSA) is 89.3 Å². The number of aryl methyl sites for hydroxylation is 1. The number of sulfonamides is 1. The molecule has 1 N–H and O–H groups in total. The van der Waals surface area contributed by atoms with Gasteiger partial charge in [0.05, 0.1) is 9.82 Å². The number of hydrogen-bond donors (Lipinski definition) is 1. The van der Waals surface area contributed by atoms with Crippen LogP contribution in [0.3, 0.4) is 0 Å². The summed E-state index contributed by atoms with van der Waals surface area (Å²) < 4.78 is 28.0. The molecule has 6 nitrogen and oxygen atoms in total. The predicted octanol–water partition coefficient (Wildman–Crippen LogP) is 3.01. The van der Waals surface area contributed by atoms with Gasteiger partial charge in [0.25, 0.3) is 5.69 Å². The highest BCUT2D eigenvalue weighted by molar-refractivity contribution is 7.89. The van der Waals surface area contributed by atoms with E-state index in [1.807, 2.05) is 6.92 Å². The van der Waals surface area contributed by atoms with Crippen LogP contribution in [-0.4, -0.2) is 19.4 Å². The maximum absolute atomic E-state index is 12.6. The Kier molecular flexibility index (Phi) is 4.18. The molecule has 0 heterocycles. The minimum absolute atomic E-state index is 0.0948. The molecule has 1 aromatic rings. The third-order valence-electron chi connectivity index (χ3n) is 5.43. The molecule has 23 heavy (non-hydrogen) atoms. The van der Waals surface area contributed by atoms with Gasteiger partial charge >= 0.3 is 0 Å². The van der Waals surface area contributed by atoms with Crippen molar-refractivity contribution in [2.45, 2.75) is 50.5 Å². The van der Waals surface area contributed by atoms with Crippen LogP contribution in [0.1, 0.15) is 38.2 Å². The van der Waals surface area contributed by atoms with Gasteiger partial charge in [-0.05, 0) is 62.5 Å². The molecule has 7 heteroatoms. The van der Waals surface area contributed by atoms with Gasteiger partial charge in [-0.15, -0.1) is 0 Å². The van der Waals surface area contributed by atoms with Gasteiger partial charge in [-0.25, -0.2) is 13.1 Å². The van der Waals surface area contributed by atoms with E-state index in [9.17, 15) is 18.5 Å². The number of rotatable bonds is 5. The van der Waals surface area contributed by atoms with Gasteiger partial charge < -0.3 is 0 Å². The Labute approximate surface area is 136 Å². The van der Waals surface area contributed by atoms with E-state index in [1.54, 1.807) is 6.92 Å². The quantitative estimate of drug-likeness (QED) is 0.660. The summed E-state index contributed by atoms with van der Waals surface area (Å²) in [6.45, 7) is 3.52. The Hall–Kier alpha value is -1.47. The lowest BCUT2D eigenvalue weighted by atomic mass is 9.84. The second kappa shape index (κ2) is 5.87. The normalized spacial score (nSPS) is 28.0. The van der Waals surface area contributed by atoms with E-state index in [1.165, 1.54) is 37.5 Å². The zero-order chi connectivity index (χ0) is 16.8. The zero-order valence-electron chi connectivity index (χ0n) is 13.4. The Morgan fingerprint density at radius 3 is 2.57 bits per heavy atom. The SMILES string of the molecule is Cc1cc([N+](=O)[O-])ccc1S(=O)(=O)N[C@@H](C)[C@@H]1C[C@H]2CC[C@H]1C2. The maximum Gasteiger partial charge on any atom is 0.269 e. The molecule has 0 aliphatic heterocycles. The first-order valence-corrected chi connectivity index (χ1v) is 9.53. The first-order valence-electron chi connectivity index (χ1n) is 8.05. The van der Waals surface area contributed by atoms with E-state index in [0.29, 0.717) is 17.4 Å². The van der Waals surface area contributed by atoms with E-state index in [4.69, 9.17) is 0 Å². The minimum atomic E-state index is -3.66. The number of benzene rings is 1. The lowest BCUT2D eigenvalue weighted by Gasteiger charge is -2.28. The van der Waals surface area contributed by atoms with Crippen LogP contribution in [0.15, 0.2) is 23.1 Å². The van der Waals surface area contributed by atoms with Gasteiger partial charge in [-0.2, -0.15) is 0 Å². The van der Waals surface area contributed by atoms with Crippen molar-refractivity contribution in [1.82, 2.24) is 4.72 Å². The van der Waals surface area contributed by atoms with Crippen LogP contribution in [0.25, 0.3) is 0 Å². The number of fused-ring (bicyclic) bond motifs is 2. The van der Waals surface area contributed by atoms with Crippen LogP contribution in [0, 0.1) is 34.8 Å². The number of nitrogens with one attached hydrogen (secondary N) is 1. The lowest BCUT2D eigenvalue weighted by molar-refractivity contribution is -0.385. The van der Waals surface area contributed by atoms with Crippen LogP contribution in [0.5, 0.6) is 0 Å². The van der Waals surface area contributed by atoms with Crippen molar-refractivity contribution in [3.8, 4) is 0 Å². The Balaban J connectivity index is 1.77. The van der Waals surface area contributed by atoms with Crippen molar-refractivity contribution >= 4 is 15.7 Å². The Morgan fingerprint density at radius 2 is 2.04 bits per heavy atom. The average Bonchev–Trinajstić information content (AvgIpc) is 3.08. The van der Waals surface area contributed by atoms with Crippen molar-refractivity contribution in [3.63, 3.8) is 0 Å². The summed E-state index contributed by atoms with van der Waals surface area (Å²) in [6, 6.07) is 3.76. The largest absolute Gasteiger partial charge is 0.269 e. The third kappa shape index (κ3) is 3.12. The average molecular weight is 338 g/mol.